The van der Waals surface area contributed by atoms with Crippen LogP contribution in [-0.2, 0) is 9.53 Å². The first kappa shape index (κ1) is 21.4. The summed E-state index contributed by atoms with van der Waals surface area (Å²) < 4.78 is 9.49. The van der Waals surface area contributed by atoms with Crippen LogP contribution in [0.3, 0.4) is 0 Å². The first-order valence-corrected chi connectivity index (χ1v) is 10.5. The first-order chi connectivity index (χ1) is 14.3. The Morgan fingerprint density at radius 1 is 1.33 bits per heavy atom. The highest BCUT2D eigenvalue weighted by Gasteiger charge is 2.47. The molecule has 1 aliphatic heterocycles. The fourth-order valence-corrected chi connectivity index (χ4v) is 4.35. The molecule has 5 atom stereocenters. The number of hydrogen-bond donors (Lipinski definition) is 4. The van der Waals surface area contributed by atoms with Gasteiger partial charge in [0.05, 0.1) is 11.6 Å². The van der Waals surface area contributed by atoms with Crippen LogP contribution in [-0.4, -0.2) is 66.5 Å². The van der Waals surface area contributed by atoms with E-state index < -0.39 is 43.1 Å². The van der Waals surface area contributed by atoms with Crippen LogP contribution >= 0.6 is 23.8 Å². The monoisotopic (exact) mass is 454 g/mol. The smallest absolute Gasteiger partial charge is 0.217 e. The second-order valence-corrected chi connectivity index (χ2v) is 8.36. The van der Waals surface area contributed by atoms with Crippen molar-refractivity contribution in [3.63, 3.8) is 0 Å². The molecule has 1 aromatic heterocycles. The van der Waals surface area contributed by atoms with Crippen molar-refractivity contribution in [2.24, 2.45) is 0 Å². The molecule has 2 fully saturated rings. The molecule has 1 saturated heterocycles. The molecule has 4 rings (SSSR count). The van der Waals surface area contributed by atoms with Crippen LogP contribution in [0, 0.1) is 4.77 Å². The van der Waals surface area contributed by atoms with E-state index in [0.717, 1.165) is 12.8 Å². The van der Waals surface area contributed by atoms with Gasteiger partial charge < -0.3 is 25.4 Å². The zero-order valence-electron chi connectivity index (χ0n) is 16.2. The summed E-state index contributed by atoms with van der Waals surface area (Å²) in [5, 5.41) is 38.2. The van der Waals surface area contributed by atoms with Crippen LogP contribution < -0.4 is 5.32 Å². The second-order valence-electron chi connectivity index (χ2n) is 7.59. The van der Waals surface area contributed by atoms with Gasteiger partial charge in [-0.05, 0) is 37.2 Å². The van der Waals surface area contributed by atoms with E-state index in [-0.39, 0.29) is 6.04 Å². The third-order valence-electron chi connectivity index (χ3n) is 5.37. The Kier molecular flexibility index (Phi) is 5.97. The van der Waals surface area contributed by atoms with Gasteiger partial charge in [0.1, 0.15) is 24.4 Å². The standard InChI is InChI=1S/C19H23ClN4O5S/c1-9(26)21-14-16(28)15(27)13(8-25)29-18(14)24-19(30)23(10-6-7-10)17(22-24)11-4-2-3-5-12(11)20/h2-5,10,13-16,18,25,27-28H,6-8H2,1H3,(H,21,26)/t13-,14+,15-,16-,18-/m1/s1. The molecule has 1 aromatic carbocycles. The third-order valence-corrected chi connectivity index (χ3v) is 6.08. The fourth-order valence-electron chi connectivity index (χ4n) is 3.75. The molecule has 9 nitrogen and oxygen atoms in total. The highest BCUT2D eigenvalue weighted by atomic mass is 35.5. The number of rotatable bonds is 5. The summed E-state index contributed by atoms with van der Waals surface area (Å²) in [6, 6.07) is 6.41. The van der Waals surface area contributed by atoms with Gasteiger partial charge in [-0.2, -0.15) is 0 Å². The van der Waals surface area contributed by atoms with E-state index >= 15 is 0 Å². The quantitative estimate of drug-likeness (QED) is 0.500. The molecule has 1 saturated carbocycles. The summed E-state index contributed by atoms with van der Waals surface area (Å²) in [5.74, 6) is 0.140. The Morgan fingerprint density at radius 3 is 2.63 bits per heavy atom. The lowest BCUT2D eigenvalue weighted by Crippen LogP contribution is -2.62. The average molecular weight is 455 g/mol. The molecule has 2 aromatic rings. The molecule has 1 aliphatic carbocycles. The minimum absolute atomic E-state index is 0.171. The van der Waals surface area contributed by atoms with E-state index in [0.29, 0.717) is 21.2 Å². The number of ether oxygens (including phenoxy) is 1. The van der Waals surface area contributed by atoms with Crippen LogP contribution in [0.2, 0.25) is 5.02 Å². The maximum Gasteiger partial charge on any atom is 0.217 e. The number of benzene rings is 1. The number of hydrogen-bond acceptors (Lipinski definition) is 7. The van der Waals surface area contributed by atoms with Gasteiger partial charge in [-0.3, -0.25) is 9.36 Å². The maximum atomic E-state index is 11.7. The van der Waals surface area contributed by atoms with Gasteiger partial charge in [-0.1, -0.05) is 23.7 Å². The number of carbonyl (C=O) groups is 1. The van der Waals surface area contributed by atoms with Gasteiger partial charge in [0, 0.05) is 18.5 Å². The number of aromatic nitrogens is 3. The number of amides is 1. The summed E-state index contributed by atoms with van der Waals surface area (Å²) in [7, 11) is 0. The lowest BCUT2D eigenvalue weighted by molar-refractivity contribution is -0.219. The van der Waals surface area contributed by atoms with E-state index in [9.17, 15) is 20.1 Å². The molecule has 0 radical (unpaired) electrons. The van der Waals surface area contributed by atoms with Crippen LogP contribution in [0.1, 0.15) is 32.0 Å². The molecule has 0 bridgehead atoms. The van der Waals surface area contributed by atoms with Crippen LogP contribution in [0.25, 0.3) is 11.4 Å². The number of carbonyl (C=O) groups excluding carboxylic acids is 1. The van der Waals surface area contributed by atoms with Crippen molar-refractivity contribution in [1.82, 2.24) is 19.7 Å². The van der Waals surface area contributed by atoms with Crippen molar-refractivity contribution in [3.8, 4) is 11.4 Å². The number of nitrogens with zero attached hydrogens (tertiary/aromatic N) is 3. The van der Waals surface area contributed by atoms with Gasteiger partial charge >= 0.3 is 0 Å². The Morgan fingerprint density at radius 2 is 2.03 bits per heavy atom. The number of aliphatic hydroxyl groups excluding tert-OH is 3. The van der Waals surface area contributed by atoms with Gasteiger partial charge in [-0.15, -0.1) is 5.10 Å². The molecule has 4 N–H and O–H groups in total. The van der Waals surface area contributed by atoms with E-state index in [1.807, 2.05) is 22.8 Å². The zero-order chi connectivity index (χ0) is 21.6. The zero-order valence-corrected chi connectivity index (χ0v) is 17.8. The van der Waals surface area contributed by atoms with E-state index in [1.165, 1.54) is 11.6 Å². The molecular formula is C19H23ClN4O5S. The van der Waals surface area contributed by atoms with Gasteiger partial charge in [0.2, 0.25) is 10.7 Å². The molecule has 162 valence electrons. The van der Waals surface area contributed by atoms with E-state index in [1.54, 1.807) is 6.07 Å². The highest BCUT2D eigenvalue weighted by Crippen LogP contribution is 2.41. The summed E-state index contributed by atoms with van der Waals surface area (Å²) >= 11 is 12.1. The molecule has 30 heavy (non-hydrogen) atoms. The normalized spacial score (nSPS) is 29.0. The number of aliphatic hydroxyl groups is 3. The second kappa shape index (κ2) is 8.37. The van der Waals surface area contributed by atoms with E-state index in [2.05, 4.69) is 10.4 Å². The molecule has 0 spiro atoms. The molecule has 2 heterocycles. The predicted octanol–water partition coefficient (Wildman–Crippen LogP) is 1.19. The highest BCUT2D eigenvalue weighted by molar-refractivity contribution is 7.71. The summed E-state index contributed by atoms with van der Waals surface area (Å²) in [4.78, 5) is 11.7. The Bertz CT molecular complexity index is 1010. The van der Waals surface area contributed by atoms with Crippen molar-refractivity contribution in [3.05, 3.63) is 34.1 Å². The van der Waals surface area contributed by atoms with Crippen molar-refractivity contribution >= 4 is 29.7 Å². The Hall–Kier alpha value is -1.82. The summed E-state index contributed by atoms with van der Waals surface area (Å²) in [6.45, 7) is 0.779. The Labute approximate surface area is 182 Å². The number of halogens is 1. The number of nitrogens with one attached hydrogen (secondary N) is 1. The average Bonchev–Trinajstić information content (AvgIpc) is 3.49. The van der Waals surface area contributed by atoms with Crippen molar-refractivity contribution in [1.29, 1.82) is 0 Å². The van der Waals surface area contributed by atoms with Gasteiger partial charge in [0.25, 0.3) is 0 Å². The third kappa shape index (κ3) is 3.79. The molecule has 1 amide bonds. The lowest BCUT2D eigenvalue weighted by atomic mass is 9.96. The Balaban J connectivity index is 1.84. The summed E-state index contributed by atoms with van der Waals surface area (Å²) in [5.41, 5.74) is 0.696. The summed E-state index contributed by atoms with van der Waals surface area (Å²) in [6.07, 6.45) is -2.98. The largest absolute Gasteiger partial charge is 0.394 e. The molecule has 0 unspecified atom stereocenters. The minimum Gasteiger partial charge on any atom is -0.394 e. The molecule has 11 heteroatoms. The lowest BCUT2D eigenvalue weighted by Gasteiger charge is -2.42. The predicted molar refractivity (Wildman–Crippen MR) is 110 cm³/mol. The van der Waals surface area contributed by atoms with Crippen molar-refractivity contribution in [2.45, 2.75) is 56.4 Å². The van der Waals surface area contributed by atoms with Crippen molar-refractivity contribution < 1.29 is 24.9 Å². The minimum atomic E-state index is -1.39. The molecular weight excluding hydrogens is 432 g/mol. The van der Waals surface area contributed by atoms with E-state index in [4.69, 9.17) is 28.6 Å². The van der Waals surface area contributed by atoms with Crippen LogP contribution in [0.5, 0.6) is 0 Å². The SMILES string of the molecule is CC(=O)N[C@H]1[C@@H](O)[C@H](O)[C@@H](CO)O[C@H]1n1nc(-c2ccccc2Cl)n(C2CC2)c1=S. The van der Waals surface area contributed by atoms with Crippen molar-refractivity contribution in [2.75, 3.05) is 6.61 Å². The molecule has 2 aliphatic rings. The topological polar surface area (TPSA) is 122 Å². The van der Waals surface area contributed by atoms with Gasteiger partial charge in [0.15, 0.2) is 12.1 Å². The first-order valence-electron chi connectivity index (χ1n) is 9.69. The van der Waals surface area contributed by atoms with Gasteiger partial charge in [-0.25, -0.2) is 4.68 Å². The van der Waals surface area contributed by atoms with Crippen LogP contribution in [0.4, 0.5) is 0 Å². The fraction of sp³-hybridized carbons (Fsp3) is 0.526. The maximum absolute atomic E-state index is 11.7. The van der Waals surface area contributed by atoms with Crippen LogP contribution in [0.15, 0.2) is 24.3 Å².